The summed E-state index contributed by atoms with van der Waals surface area (Å²) in [7, 11) is 0. The van der Waals surface area contributed by atoms with Crippen LogP contribution in [0, 0.1) is 7.40 Å². The van der Waals surface area contributed by atoms with Crippen LogP contribution in [0.25, 0.3) is 5.82 Å². The van der Waals surface area contributed by atoms with Crippen LogP contribution in [0.5, 0.6) is 0 Å². The summed E-state index contributed by atoms with van der Waals surface area (Å²) in [5.74, 6) is 0.340. The van der Waals surface area contributed by atoms with E-state index < -0.39 is 0 Å². The highest BCUT2D eigenvalue weighted by molar-refractivity contribution is 14.1. The first-order chi connectivity index (χ1) is 6.70. The van der Waals surface area contributed by atoms with Gasteiger partial charge in [0.2, 0.25) is 5.82 Å². The maximum absolute atomic E-state index is 11.4. The van der Waals surface area contributed by atoms with Crippen LogP contribution in [0.15, 0.2) is 23.5 Å². The normalized spacial score (nSPS) is 10.4. The summed E-state index contributed by atoms with van der Waals surface area (Å²) in [5, 5.41) is 0. The van der Waals surface area contributed by atoms with Gasteiger partial charge >= 0.3 is 0 Å². The van der Waals surface area contributed by atoms with Gasteiger partial charge in [-0.25, -0.2) is 9.97 Å². The Bertz CT molecular complexity index is 518. The molecular weight excluding hydrogens is 410 g/mol. The van der Waals surface area contributed by atoms with Crippen molar-refractivity contribution in [2.24, 2.45) is 0 Å². The maximum atomic E-state index is 11.4. The number of hydrogen-bond acceptors (Lipinski definition) is 3. The smallest absolute Gasteiger partial charge is 0.291 e. The van der Waals surface area contributed by atoms with Gasteiger partial charge in [0.25, 0.3) is 5.56 Å². The molecule has 0 aromatic carbocycles. The molecule has 0 spiro atoms. The third-order valence-electron chi connectivity index (χ3n) is 1.59. The van der Waals surface area contributed by atoms with E-state index in [1.54, 1.807) is 17.1 Å². The zero-order valence-electron chi connectivity index (χ0n) is 6.74. The van der Waals surface area contributed by atoms with Crippen molar-refractivity contribution in [2.45, 2.75) is 0 Å². The molecule has 0 bridgehead atoms. The number of halogens is 2. The lowest BCUT2D eigenvalue weighted by molar-refractivity contribution is 0.926. The van der Waals surface area contributed by atoms with Crippen molar-refractivity contribution < 1.29 is 0 Å². The van der Waals surface area contributed by atoms with Gasteiger partial charge in [-0.05, 0) is 45.2 Å². The highest BCUT2D eigenvalue weighted by Gasteiger charge is 2.10. The predicted octanol–water partition coefficient (Wildman–Crippen LogP) is 1.16. The Morgan fingerprint density at radius 1 is 1.36 bits per heavy atom. The van der Waals surface area contributed by atoms with Crippen molar-refractivity contribution in [3.05, 3.63) is 36.5 Å². The standard InChI is InChI=1S/C7H4I2N4O/c8-4-5(9)13(3-12-4)6-7(14)11-2-1-10-6/h1-3H,(H,11,14). The molecule has 0 aliphatic rings. The van der Waals surface area contributed by atoms with Crippen molar-refractivity contribution in [3.63, 3.8) is 0 Å². The Balaban J connectivity index is 2.67. The highest BCUT2D eigenvalue weighted by Crippen LogP contribution is 2.14. The lowest BCUT2D eigenvalue weighted by Gasteiger charge is -1.99. The molecule has 72 valence electrons. The summed E-state index contributed by atoms with van der Waals surface area (Å²) in [4.78, 5) is 22.0. The Hall–Kier alpha value is -0.450. The Kier molecular flexibility index (Phi) is 2.85. The average molecular weight is 414 g/mol. The van der Waals surface area contributed by atoms with Crippen molar-refractivity contribution in [3.8, 4) is 5.82 Å². The van der Waals surface area contributed by atoms with E-state index in [1.807, 2.05) is 0 Å². The van der Waals surface area contributed by atoms with Crippen LogP contribution in [-0.2, 0) is 0 Å². The summed E-state index contributed by atoms with van der Waals surface area (Å²) in [6, 6.07) is 0. The van der Waals surface area contributed by atoms with E-state index in [2.05, 4.69) is 60.1 Å². The predicted molar refractivity (Wildman–Crippen MR) is 67.4 cm³/mol. The van der Waals surface area contributed by atoms with E-state index in [1.165, 1.54) is 6.20 Å². The molecule has 0 amide bonds. The zero-order chi connectivity index (χ0) is 10.1. The van der Waals surface area contributed by atoms with Gasteiger partial charge in [-0.2, -0.15) is 0 Å². The van der Waals surface area contributed by atoms with Gasteiger partial charge < -0.3 is 4.98 Å². The van der Waals surface area contributed by atoms with Gasteiger partial charge in [-0.1, -0.05) is 0 Å². The van der Waals surface area contributed by atoms with E-state index in [4.69, 9.17) is 0 Å². The quantitative estimate of drug-likeness (QED) is 0.714. The van der Waals surface area contributed by atoms with Crippen LogP contribution < -0.4 is 5.56 Å². The minimum absolute atomic E-state index is 0.223. The van der Waals surface area contributed by atoms with Crippen LogP contribution in [0.2, 0.25) is 0 Å². The van der Waals surface area contributed by atoms with Gasteiger partial charge in [-0.15, -0.1) is 0 Å². The fourth-order valence-electron chi connectivity index (χ4n) is 0.975. The van der Waals surface area contributed by atoms with Gasteiger partial charge in [0.05, 0.1) is 0 Å². The highest BCUT2D eigenvalue weighted by atomic mass is 127. The lowest BCUT2D eigenvalue weighted by Crippen LogP contribution is -2.16. The van der Waals surface area contributed by atoms with Crippen LogP contribution in [0.4, 0.5) is 0 Å². The van der Waals surface area contributed by atoms with Crippen LogP contribution in [0.3, 0.4) is 0 Å². The van der Waals surface area contributed by atoms with Crippen molar-refractivity contribution in [1.82, 2.24) is 19.5 Å². The molecular formula is C7H4I2N4O. The summed E-state index contributed by atoms with van der Waals surface area (Å²) in [6.07, 6.45) is 4.63. The Morgan fingerprint density at radius 3 is 2.71 bits per heavy atom. The fourth-order valence-corrected chi connectivity index (χ4v) is 1.85. The summed E-state index contributed by atoms with van der Waals surface area (Å²) in [6.45, 7) is 0. The second kappa shape index (κ2) is 3.96. The molecule has 0 radical (unpaired) electrons. The zero-order valence-corrected chi connectivity index (χ0v) is 11.1. The first-order valence-corrected chi connectivity index (χ1v) is 5.78. The topological polar surface area (TPSA) is 63.6 Å². The summed E-state index contributed by atoms with van der Waals surface area (Å²) >= 11 is 4.22. The van der Waals surface area contributed by atoms with Crippen molar-refractivity contribution >= 4 is 45.2 Å². The second-order valence-electron chi connectivity index (χ2n) is 2.44. The molecule has 2 heterocycles. The van der Waals surface area contributed by atoms with Gasteiger partial charge in [-0.3, -0.25) is 9.36 Å². The minimum atomic E-state index is -0.223. The molecule has 7 heteroatoms. The molecule has 1 N–H and O–H groups in total. The molecule has 2 rings (SSSR count). The molecule has 2 aromatic heterocycles. The van der Waals surface area contributed by atoms with E-state index >= 15 is 0 Å². The van der Waals surface area contributed by atoms with Gasteiger partial charge in [0, 0.05) is 12.4 Å². The number of hydrogen-bond donors (Lipinski definition) is 1. The molecule has 0 unspecified atom stereocenters. The molecule has 14 heavy (non-hydrogen) atoms. The number of nitrogens with one attached hydrogen (secondary N) is 1. The van der Waals surface area contributed by atoms with Crippen LogP contribution >= 0.6 is 45.2 Å². The van der Waals surface area contributed by atoms with E-state index in [-0.39, 0.29) is 5.56 Å². The number of H-pyrrole nitrogens is 1. The summed E-state index contributed by atoms with van der Waals surface area (Å²) in [5.41, 5.74) is -0.223. The second-order valence-corrected chi connectivity index (χ2v) is 4.48. The average Bonchev–Trinajstić information content (AvgIpc) is 2.49. The fraction of sp³-hybridized carbons (Fsp3) is 0. The molecule has 2 aromatic rings. The number of nitrogens with zero attached hydrogens (tertiary/aromatic N) is 3. The molecule has 0 atom stereocenters. The molecule has 0 fully saturated rings. The SMILES string of the molecule is O=c1[nH]ccnc1-n1cnc(I)c1I. The van der Waals surface area contributed by atoms with Crippen LogP contribution in [-0.4, -0.2) is 19.5 Å². The van der Waals surface area contributed by atoms with Gasteiger partial charge in [0.1, 0.15) is 13.7 Å². The third-order valence-corrected chi connectivity index (χ3v) is 4.44. The van der Waals surface area contributed by atoms with Crippen molar-refractivity contribution in [1.29, 1.82) is 0 Å². The molecule has 0 aliphatic carbocycles. The number of aromatic nitrogens is 4. The Labute approximate surface area is 106 Å². The van der Waals surface area contributed by atoms with Gasteiger partial charge in [0.15, 0.2) is 0 Å². The van der Waals surface area contributed by atoms with Crippen molar-refractivity contribution in [2.75, 3.05) is 0 Å². The first kappa shape index (κ1) is 10.1. The number of aromatic amines is 1. The van der Waals surface area contributed by atoms with E-state index in [0.29, 0.717) is 5.82 Å². The maximum Gasteiger partial charge on any atom is 0.291 e. The monoisotopic (exact) mass is 414 g/mol. The van der Waals surface area contributed by atoms with Crippen LogP contribution in [0.1, 0.15) is 0 Å². The molecule has 5 nitrogen and oxygen atoms in total. The first-order valence-electron chi connectivity index (χ1n) is 3.62. The lowest BCUT2D eigenvalue weighted by atomic mass is 10.6. The number of imidazole rings is 1. The Morgan fingerprint density at radius 2 is 2.14 bits per heavy atom. The minimum Gasteiger partial charge on any atom is -0.324 e. The summed E-state index contributed by atoms with van der Waals surface area (Å²) < 4.78 is 3.39. The van der Waals surface area contributed by atoms with E-state index in [0.717, 1.165) is 7.40 Å². The molecule has 0 saturated heterocycles. The van der Waals surface area contributed by atoms with E-state index in [9.17, 15) is 4.79 Å². The third kappa shape index (κ3) is 1.69. The largest absolute Gasteiger partial charge is 0.324 e. The molecule has 0 saturated carbocycles. The molecule has 0 aliphatic heterocycles. The number of rotatable bonds is 1.